The molecule has 0 saturated carbocycles. The molecule has 1 aromatic rings. The summed E-state index contributed by atoms with van der Waals surface area (Å²) in [5, 5.41) is 9.45. The highest BCUT2D eigenvalue weighted by atomic mass is 16.5. The third-order valence-corrected chi connectivity index (χ3v) is 5.84. The van der Waals surface area contributed by atoms with Crippen molar-refractivity contribution in [3.63, 3.8) is 0 Å². The number of ether oxygens (including phenoxy) is 2. The normalized spacial score (nSPS) is 31.3. The molecule has 3 amide bonds. The van der Waals surface area contributed by atoms with Crippen LogP contribution in [0.3, 0.4) is 0 Å². The fraction of sp³-hybridized carbons (Fsp3) is 0.619. The zero-order chi connectivity index (χ0) is 22.6. The minimum atomic E-state index is -1.20. The Hall–Kier alpha value is -2.72. The Morgan fingerprint density at radius 2 is 2.06 bits per heavy atom. The van der Waals surface area contributed by atoms with Gasteiger partial charge in [0.1, 0.15) is 17.4 Å². The van der Waals surface area contributed by atoms with Crippen molar-refractivity contribution in [2.75, 3.05) is 25.6 Å². The summed E-state index contributed by atoms with van der Waals surface area (Å²) in [7, 11) is 1.53. The molecule has 3 aliphatic rings. The van der Waals surface area contributed by atoms with Crippen LogP contribution in [-0.4, -0.2) is 71.3 Å². The van der Waals surface area contributed by atoms with Crippen molar-refractivity contribution in [2.24, 2.45) is 11.8 Å². The van der Waals surface area contributed by atoms with Crippen LogP contribution in [0.2, 0.25) is 0 Å². The molecule has 4 heterocycles. The molecule has 2 saturated heterocycles. The number of methoxy groups -OCH3 is 1. The summed E-state index contributed by atoms with van der Waals surface area (Å²) in [5.74, 6) is -1.79. The smallest absolute Gasteiger partial charge is 0.246 e. The highest BCUT2D eigenvalue weighted by molar-refractivity contribution is 6.02. The van der Waals surface area contributed by atoms with Gasteiger partial charge in [-0.1, -0.05) is 17.3 Å². The lowest BCUT2D eigenvalue weighted by Gasteiger charge is -2.34. The lowest BCUT2D eigenvalue weighted by Crippen LogP contribution is -2.58. The molecule has 10 heteroatoms. The second-order valence-electron chi connectivity index (χ2n) is 9.28. The number of carbonyl (C=O) groups is 3. The van der Waals surface area contributed by atoms with Gasteiger partial charge in [-0.15, -0.1) is 0 Å². The highest BCUT2D eigenvalue weighted by Gasteiger charge is 2.72. The standard InChI is InChI=1S/C21H28N4O6/c1-11-10-13(24-31-11)22-17(26)14-12-6-7-21(30-12)15(14)19(28)25(8-9-29-5)16(21)18(27)23-20(2,3)4/h6-7,10,12,14-16H,8-9H2,1-5H3,(H,23,27)(H,22,24,26). The zero-order valence-electron chi connectivity index (χ0n) is 18.3. The van der Waals surface area contributed by atoms with Crippen LogP contribution in [0.4, 0.5) is 5.82 Å². The number of hydrogen-bond acceptors (Lipinski definition) is 7. The number of nitrogens with zero attached hydrogens (tertiary/aromatic N) is 2. The predicted molar refractivity (Wildman–Crippen MR) is 109 cm³/mol. The Balaban J connectivity index is 1.66. The summed E-state index contributed by atoms with van der Waals surface area (Å²) in [4.78, 5) is 41.4. The molecule has 0 radical (unpaired) electrons. The number of hydrogen-bond donors (Lipinski definition) is 2. The van der Waals surface area contributed by atoms with Gasteiger partial charge in [0, 0.05) is 25.3 Å². The van der Waals surface area contributed by atoms with Crippen LogP contribution < -0.4 is 10.6 Å². The molecule has 2 N–H and O–H groups in total. The van der Waals surface area contributed by atoms with Gasteiger partial charge < -0.3 is 29.5 Å². The van der Waals surface area contributed by atoms with E-state index in [-0.39, 0.29) is 30.8 Å². The maximum Gasteiger partial charge on any atom is 0.246 e. The van der Waals surface area contributed by atoms with Gasteiger partial charge in [0.05, 0.1) is 24.5 Å². The SMILES string of the molecule is COCCN1C(=O)C2C(C(=O)Nc3cc(C)on3)C3C=CC2(O3)C1C(=O)NC(C)(C)C. The van der Waals surface area contributed by atoms with E-state index in [9.17, 15) is 14.4 Å². The van der Waals surface area contributed by atoms with E-state index in [0.29, 0.717) is 5.76 Å². The lowest BCUT2D eigenvalue weighted by molar-refractivity contribution is -0.142. The number of aromatic nitrogens is 1. The minimum absolute atomic E-state index is 0.217. The van der Waals surface area contributed by atoms with E-state index in [1.165, 1.54) is 12.0 Å². The van der Waals surface area contributed by atoms with E-state index in [1.54, 1.807) is 25.1 Å². The number of rotatable bonds is 6. The summed E-state index contributed by atoms with van der Waals surface area (Å²) < 4.78 is 16.4. The van der Waals surface area contributed by atoms with E-state index in [4.69, 9.17) is 14.0 Å². The van der Waals surface area contributed by atoms with Gasteiger partial charge in [-0.2, -0.15) is 0 Å². The fourth-order valence-electron chi connectivity index (χ4n) is 4.77. The third kappa shape index (κ3) is 3.53. The average molecular weight is 432 g/mol. The van der Waals surface area contributed by atoms with Crippen molar-refractivity contribution in [1.29, 1.82) is 0 Å². The Morgan fingerprint density at radius 1 is 1.32 bits per heavy atom. The van der Waals surface area contributed by atoms with E-state index in [0.717, 1.165) is 0 Å². The Bertz CT molecular complexity index is 935. The molecule has 0 aromatic carbocycles. The molecule has 168 valence electrons. The van der Waals surface area contributed by atoms with Crippen molar-refractivity contribution in [3.8, 4) is 0 Å². The molecule has 4 rings (SSSR count). The Morgan fingerprint density at radius 3 is 2.68 bits per heavy atom. The summed E-state index contributed by atoms with van der Waals surface area (Å²) in [5.41, 5.74) is -1.70. The molecular formula is C21H28N4O6. The number of amides is 3. The summed E-state index contributed by atoms with van der Waals surface area (Å²) >= 11 is 0. The Kier molecular flexibility index (Phi) is 5.17. The summed E-state index contributed by atoms with van der Waals surface area (Å²) in [6, 6.07) is 0.700. The summed E-state index contributed by atoms with van der Waals surface area (Å²) in [6.45, 7) is 7.80. The first kappa shape index (κ1) is 21.5. The van der Waals surface area contributed by atoms with Gasteiger partial charge in [-0.3, -0.25) is 14.4 Å². The number of nitrogens with one attached hydrogen (secondary N) is 2. The van der Waals surface area contributed by atoms with Gasteiger partial charge in [-0.05, 0) is 27.7 Å². The molecule has 1 aromatic heterocycles. The second kappa shape index (κ2) is 7.45. The molecule has 5 unspecified atom stereocenters. The van der Waals surface area contributed by atoms with E-state index < -0.39 is 41.0 Å². The molecule has 10 nitrogen and oxygen atoms in total. The zero-order valence-corrected chi connectivity index (χ0v) is 18.3. The highest BCUT2D eigenvalue weighted by Crippen LogP contribution is 2.55. The van der Waals surface area contributed by atoms with Gasteiger partial charge in [0.2, 0.25) is 17.7 Å². The quantitative estimate of drug-likeness (QED) is 0.632. The molecule has 3 aliphatic heterocycles. The van der Waals surface area contributed by atoms with Gasteiger partial charge >= 0.3 is 0 Å². The molecule has 2 bridgehead atoms. The first-order valence-electron chi connectivity index (χ1n) is 10.3. The molecule has 31 heavy (non-hydrogen) atoms. The number of aryl methyl sites for hydroxylation is 1. The number of fused-ring (bicyclic) bond motifs is 1. The van der Waals surface area contributed by atoms with Crippen molar-refractivity contribution >= 4 is 23.5 Å². The van der Waals surface area contributed by atoms with E-state index >= 15 is 0 Å². The molecule has 1 spiro atoms. The lowest BCUT2D eigenvalue weighted by atomic mass is 9.74. The first-order valence-corrected chi connectivity index (χ1v) is 10.3. The van der Waals surface area contributed by atoms with Crippen LogP contribution in [0.25, 0.3) is 0 Å². The van der Waals surface area contributed by atoms with Crippen LogP contribution in [0.1, 0.15) is 26.5 Å². The molecule has 2 fully saturated rings. The maximum absolute atomic E-state index is 13.5. The van der Waals surface area contributed by atoms with Gasteiger partial charge in [-0.25, -0.2) is 0 Å². The predicted octanol–water partition coefficient (Wildman–Crippen LogP) is 0.633. The minimum Gasteiger partial charge on any atom is -0.383 e. The van der Waals surface area contributed by atoms with Crippen LogP contribution in [0.5, 0.6) is 0 Å². The summed E-state index contributed by atoms with van der Waals surface area (Å²) in [6.07, 6.45) is 2.93. The van der Waals surface area contributed by atoms with Crippen LogP contribution in [-0.2, 0) is 23.9 Å². The van der Waals surface area contributed by atoms with Crippen molar-refractivity contribution in [1.82, 2.24) is 15.4 Å². The number of carbonyl (C=O) groups excluding carboxylic acids is 3. The molecule has 0 aliphatic carbocycles. The van der Waals surface area contributed by atoms with Gasteiger partial charge in [0.15, 0.2) is 5.82 Å². The topological polar surface area (TPSA) is 123 Å². The average Bonchev–Trinajstić information content (AvgIpc) is 3.39. The first-order chi connectivity index (χ1) is 14.6. The van der Waals surface area contributed by atoms with Crippen LogP contribution in [0.15, 0.2) is 22.7 Å². The number of likely N-dealkylation sites (tertiary alicyclic amines) is 1. The third-order valence-electron chi connectivity index (χ3n) is 5.84. The maximum atomic E-state index is 13.5. The molecule has 5 atom stereocenters. The van der Waals surface area contributed by atoms with Crippen molar-refractivity contribution in [3.05, 3.63) is 24.0 Å². The van der Waals surface area contributed by atoms with Gasteiger partial charge in [0.25, 0.3) is 0 Å². The monoisotopic (exact) mass is 432 g/mol. The second-order valence-corrected chi connectivity index (χ2v) is 9.28. The largest absolute Gasteiger partial charge is 0.383 e. The van der Waals surface area contributed by atoms with E-state index in [1.807, 2.05) is 20.8 Å². The van der Waals surface area contributed by atoms with Crippen LogP contribution >= 0.6 is 0 Å². The van der Waals surface area contributed by atoms with Crippen molar-refractivity contribution < 1.29 is 28.4 Å². The fourth-order valence-corrected chi connectivity index (χ4v) is 4.77. The molecular weight excluding hydrogens is 404 g/mol. The number of anilines is 1. The Labute approximate surface area is 180 Å². The van der Waals surface area contributed by atoms with Crippen LogP contribution in [0, 0.1) is 18.8 Å². The van der Waals surface area contributed by atoms with Crippen molar-refractivity contribution in [2.45, 2.75) is 51.0 Å². The van der Waals surface area contributed by atoms with E-state index in [2.05, 4.69) is 15.8 Å².